The van der Waals surface area contributed by atoms with Gasteiger partial charge in [0.25, 0.3) is 0 Å². The molecular formula is C52H103NO5. The molecule has 0 saturated heterocycles. The molecule has 0 rings (SSSR count). The zero-order chi connectivity index (χ0) is 42.4. The van der Waals surface area contributed by atoms with E-state index in [1.165, 1.54) is 212 Å². The molecule has 0 aromatic heterocycles. The monoisotopic (exact) mass is 822 g/mol. The molecule has 3 N–H and O–H groups in total. The third-order valence-corrected chi connectivity index (χ3v) is 12.4. The number of rotatable bonds is 48. The number of carbonyl (C=O) groups is 2. The van der Waals surface area contributed by atoms with Crippen molar-refractivity contribution in [1.29, 1.82) is 0 Å². The highest BCUT2D eigenvalue weighted by atomic mass is 16.5. The molecule has 0 aromatic rings. The van der Waals surface area contributed by atoms with Crippen molar-refractivity contribution in [3.05, 3.63) is 0 Å². The van der Waals surface area contributed by atoms with Gasteiger partial charge >= 0.3 is 5.97 Å². The Labute approximate surface area is 362 Å². The van der Waals surface area contributed by atoms with Crippen molar-refractivity contribution >= 4 is 11.9 Å². The molecule has 346 valence electrons. The Kier molecular flexibility index (Phi) is 46.0. The maximum atomic E-state index is 13.1. The van der Waals surface area contributed by atoms with E-state index in [4.69, 9.17) is 4.74 Å². The molecule has 6 heteroatoms. The normalized spacial score (nSPS) is 13.1. The number of hydrogen-bond acceptors (Lipinski definition) is 5. The van der Waals surface area contributed by atoms with E-state index >= 15 is 0 Å². The fourth-order valence-electron chi connectivity index (χ4n) is 8.43. The molecule has 0 aliphatic carbocycles. The number of aliphatic hydroxyl groups excluding tert-OH is 2. The van der Waals surface area contributed by atoms with Gasteiger partial charge in [0.05, 0.1) is 25.2 Å². The van der Waals surface area contributed by atoms with E-state index in [2.05, 4.69) is 26.1 Å². The smallest absolute Gasteiger partial charge is 0.306 e. The molecule has 3 unspecified atom stereocenters. The highest BCUT2D eigenvalue weighted by Crippen LogP contribution is 2.19. The van der Waals surface area contributed by atoms with E-state index in [-0.39, 0.29) is 24.9 Å². The molecule has 0 aliphatic heterocycles. The quantitative estimate of drug-likeness (QED) is 0.0420. The van der Waals surface area contributed by atoms with Gasteiger partial charge in [-0.2, -0.15) is 0 Å². The minimum atomic E-state index is -0.778. The van der Waals surface area contributed by atoms with E-state index in [1.807, 2.05) is 0 Å². The number of hydrogen-bond donors (Lipinski definition) is 3. The summed E-state index contributed by atoms with van der Waals surface area (Å²) in [4.78, 5) is 26.0. The highest BCUT2D eigenvalue weighted by molar-refractivity contribution is 5.77. The van der Waals surface area contributed by atoms with Crippen molar-refractivity contribution < 1.29 is 24.5 Å². The molecule has 6 nitrogen and oxygen atoms in total. The van der Waals surface area contributed by atoms with Gasteiger partial charge < -0.3 is 20.3 Å². The summed E-state index contributed by atoms with van der Waals surface area (Å²) in [6.07, 6.45) is 50.3. The minimum absolute atomic E-state index is 0.0867. The molecule has 0 radical (unpaired) electrons. The van der Waals surface area contributed by atoms with Crippen LogP contribution in [0, 0.1) is 0 Å². The molecule has 1 amide bonds. The van der Waals surface area contributed by atoms with Gasteiger partial charge in [0.1, 0.15) is 6.10 Å². The number of ether oxygens (including phenoxy) is 1. The van der Waals surface area contributed by atoms with Crippen LogP contribution in [0.4, 0.5) is 0 Å². The number of aliphatic hydroxyl groups is 2. The van der Waals surface area contributed by atoms with Crippen LogP contribution in [-0.4, -0.2) is 46.9 Å². The van der Waals surface area contributed by atoms with E-state index in [9.17, 15) is 19.8 Å². The van der Waals surface area contributed by atoms with Crippen molar-refractivity contribution in [3.63, 3.8) is 0 Å². The highest BCUT2D eigenvalue weighted by Gasteiger charge is 2.24. The standard InChI is InChI=1S/C52H103NO5/c1-4-7-10-13-16-19-21-23-25-27-29-31-33-36-39-42-45-52(57)58-48(43-40-37-34-18-15-12-9-6-3)46-51(56)53-49(47-54)50(55)44-41-38-35-32-30-28-26-24-22-20-17-14-11-8-5-2/h48-50,54-55H,4-47H2,1-3H3,(H,53,56). The van der Waals surface area contributed by atoms with Crippen molar-refractivity contribution in [3.8, 4) is 0 Å². The molecule has 58 heavy (non-hydrogen) atoms. The molecule has 0 aromatic carbocycles. The zero-order valence-electron chi connectivity index (χ0n) is 39.5. The largest absolute Gasteiger partial charge is 0.462 e. The first-order valence-electron chi connectivity index (χ1n) is 26.3. The number of esters is 1. The lowest BCUT2D eigenvalue weighted by Gasteiger charge is -2.24. The van der Waals surface area contributed by atoms with Crippen molar-refractivity contribution in [2.45, 2.75) is 315 Å². The first-order valence-corrected chi connectivity index (χ1v) is 26.3. The Bertz CT molecular complexity index is 837. The van der Waals surface area contributed by atoms with Crippen LogP contribution in [0.1, 0.15) is 297 Å². The minimum Gasteiger partial charge on any atom is -0.462 e. The van der Waals surface area contributed by atoms with Crippen LogP contribution in [-0.2, 0) is 14.3 Å². The van der Waals surface area contributed by atoms with Gasteiger partial charge in [-0.1, -0.05) is 258 Å². The summed E-state index contributed by atoms with van der Waals surface area (Å²) in [5.74, 6) is -0.455. The predicted octanol–water partition coefficient (Wildman–Crippen LogP) is 15.6. The summed E-state index contributed by atoms with van der Waals surface area (Å²) in [5, 5.41) is 23.7. The summed E-state index contributed by atoms with van der Waals surface area (Å²) in [7, 11) is 0. The second-order valence-corrected chi connectivity index (χ2v) is 18.3. The molecule has 3 atom stereocenters. The molecule has 0 saturated carbocycles. The van der Waals surface area contributed by atoms with Crippen LogP contribution in [0.3, 0.4) is 0 Å². The fraction of sp³-hybridized carbons (Fsp3) is 0.962. The lowest BCUT2D eigenvalue weighted by Crippen LogP contribution is -2.46. The van der Waals surface area contributed by atoms with Gasteiger partial charge in [-0.15, -0.1) is 0 Å². The summed E-state index contributed by atoms with van der Waals surface area (Å²) in [5.41, 5.74) is 0. The van der Waals surface area contributed by atoms with Crippen LogP contribution in [0.25, 0.3) is 0 Å². The molecule has 0 spiro atoms. The van der Waals surface area contributed by atoms with Gasteiger partial charge in [0.15, 0.2) is 0 Å². The topological polar surface area (TPSA) is 95.9 Å². The van der Waals surface area contributed by atoms with Gasteiger partial charge in [-0.05, 0) is 25.7 Å². The van der Waals surface area contributed by atoms with E-state index in [0.717, 1.165) is 38.5 Å². The maximum absolute atomic E-state index is 13.1. The Morgan fingerprint density at radius 2 is 0.724 bits per heavy atom. The van der Waals surface area contributed by atoms with Crippen LogP contribution >= 0.6 is 0 Å². The number of carbonyl (C=O) groups excluding carboxylic acids is 2. The molecule has 0 bridgehead atoms. The Hall–Kier alpha value is -1.14. The van der Waals surface area contributed by atoms with Gasteiger partial charge in [0.2, 0.25) is 5.91 Å². The lowest BCUT2D eigenvalue weighted by atomic mass is 10.0. The van der Waals surface area contributed by atoms with E-state index < -0.39 is 18.2 Å². The Morgan fingerprint density at radius 3 is 1.05 bits per heavy atom. The van der Waals surface area contributed by atoms with Gasteiger partial charge in [-0.3, -0.25) is 9.59 Å². The Balaban J connectivity index is 4.34. The van der Waals surface area contributed by atoms with Crippen molar-refractivity contribution in [1.82, 2.24) is 5.32 Å². The number of nitrogens with one attached hydrogen (secondary N) is 1. The summed E-state index contributed by atoms with van der Waals surface area (Å²) in [6, 6.07) is -0.691. The van der Waals surface area contributed by atoms with Crippen LogP contribution in [0.5, 0.6) is 0 Å². The first-order chi connectivity index (χ1) is 28.5. The average molecular weight is 822 g/mol. The fourth-order valence-corrected chi connectivity index (χ4v) is 8.43. The third-order valence-electron chi connectivity index (χ3n) is 12.4. The maximum Gasteiger partial charge on any atom is 0.306 e. The van der Waals surface area contributed by atoms with E-state index in [0.29, 0.717) is 19.3 Å². The van der Waals surface area contributed by atoms with Crippen LogP contribution < -0.4 is 5.32 Å². The molecule has 0 aliphatic rings. The van der Waals surface area contributed by atoms with Crippen molar-refractivity contribution in [2.24, 2.45) is 0 Å². The first kappa shape index (κ1) is 56.9. The number of unbranched alkanes of at least 4 members (excludes halogenated alkanes) is 36. The summed E-state index contributed by atoms with van der Waals surface area (Å²) >= 11 is 0. The average Bonchev–Trinajstić information content (AvgIpc) is 3.22. The second-order valence-electron chi connectivity index (χ2n) is 18.3. The Morgan fingerprint density at radius 1 is 0.431 bits per heavy atom. The SMILES string of the molecule is CCCCCCCCCCCCCCCCCCC(=O)OC(CCCCCCCCCC)CC(=O)NC(CO)C(O)CCCCCCCCCCCCCCCCC. The number of amides is 1. The predicted molar refractivity (Wildman–Crippen MR) is 250 cm³/mol. The summed E-state index contributed by atoms with van der Waals surface area (Å²) < 4.78 is 5.92. The summed E-state index contributed by atoms with van der Waals surface area (Å²) in [6.45, 7) is 6.50. The van der Waals surface area contributed by atoms with Gasteiger partial charge in [0, 0.05) is 6.42 Å². The lowest BCUT2D eigenvalue weighted by molar-refractivity contribution is -0.151. The second kappa shape index (κ2) is 46.9. The van der Waals surface area contributed by atoms with E-state index in [1.54, 1.807) is 0 Å². The molecular weight excluding hydrogens is 719 g/mol. The van der Waals surface area contributed by atoms with Crippen LogP contribution in [0.15, 0.2) is 0 Å². The third kappa shape index (κ3) is 41.6. The van der Waals surface area contributed by atoms with Crippen LogP contribution in [0.2, 0.25) is 0 Å². The molecule has 0 fully saturated rings. The van der Waals surface area contributed by atoms with Crippen molar-refractivity contribution in [2.75, 3.05) is 6.61 Å². The molecule has 0 heterocycles. The zero-order valence-corrected chi connectivity index (χ0v) is 39.5. The van der Waals surface area contributed by atoms with Gasteiger partial charge in [-0.25, -0.2) is 0 Å².